The third-order valence-electron chi connectivity index (χ3n) is 5.00. The highest BCUT2D eigenvalue weighted by Gasteiger charge is 2.50. The first-order valence-electron chi connectivity index (χ1n) is 7.92. The first kappa shape index (κ1) is 13.1. The van der Waals surface area contributed by atoms with E-state index in [9.17, 15) is 4.79 Å². The Kier molecular flexibility index (Phi) is 3.14. The summed E-state index contributed by atoms with van der Waals surface area (Å²) in [5.41, 5.74) is 1.13. The zero-order valence-electron chi connectivity index (χ0n) is 12.4. The van der Waals surface area contributed by atoms with Gasteiger partial charge in [-0.05, 0) is 19.8 Å². The highest BCUT2D eigenvalue weighted by atomic mass is 16.6. The number of hydrogen-bond donors (Lipinski definition) is 1. The molecule has 1 saturated carbocycles. The van der Waals surface area contributed by atoms with E-state index in [4.69, 9.17) is 4.74 Å². The molecule has 3 aliphatic rings. The summed E-state index contributed by atoms with van der Waals surface area (Å²) in [4.78, 5) is 24.0. The monoisotopic (exact) mass is 290 g/mol. The Morgan fingerprint density at radius 3 is 2.90 bits per heavy atom. The van der Waals surface area contributed by atoms with Crippen LogP contribution in [0.4, 0.5) is 4.79 Å². The van der Waals surface area contributed by atoms with Crippen LogP contribution in [0.1, 0.15) is 37.2 Å². The van der Waals surface area contributed by atoms with Gasteiger partial charge >= 0.3 is 6.09 Å². The van der Waals surface area contributed by atoms with Crippen molar-refractivity contribution >= 4 is 6.09 Å². The largest absolute Gasteiger partial charge is 0.442 e. The lowest BCUT2D eigenvalue weighted by Gasteiger charge is -2.27. The number of H-pyrrole nitrogens is 1. The standard InChI is InChI=1S/C15H22N4O2/c1-10-16-6-11(17-10)7-18-8-13-14(9-18)21-15(20)19(13)12-4-2-3-5-12/h6,12-14H,2-5,7-9H2,1H3,(H,16,17)/t13-,14+/m0/s1. The van der Waals surface area contributed by atoms with Gasteiger partial charge in [0.15, 0.2) is 0 Å². The fourth-order valence-electron chi connectivity index (χ4n) is 4.07. The lowest BCUT2D eigenvalue weighted by Crippen LogP contribution is -2.43. The Morgan fingerprint density at radius 2 is 2.19 bits per heavy atom. The van der Waals surface area contributed by atoms with E-state index < -0.39 is 0 Å². The summed E-state index contributed by atoms with van der Waals surface area (Å²) in [6.45, 7) is 4.55. The Hall–Kier alpha value is -1.56. The normalized spacial score (nSPS) is 30.1. The molecule has 0 bridgehead atoms. The third-order valence-corrected chi connectivity index (χ3v) is 5.00. The topological polar surface area (TPSA) is 61.5 Å². The summed E-state index contributed by atoms with van der Waals surface area (Å²) in [6, 6.07) is 0.645. The van der Waals surface area contributed by atoms with Crippen LogP contribution in [0.3, 0.4) is 0 Å². The van der Waals surface area contributed by atoms with Gasteiger partial charge in [-0.2, -0.15) is 0 Å². The number of ether oxygens (including phenoxy) is 1. The van der Waals surface area contributed by atoms with Crippen LogP contribution in [0.5, 0.6) is 0 Å². The lowest BCUT2D eigenvalue weighted by atomic mass is 10.1. The maximum absolute atomic E-state index is 12.1. The minimum absolute atomic E-state index is 0.0436. The van der Waals surface area contributed by atoms with Gasteiger partial charge < -0.3 is 9.72 Å². The Balaban J connectivity index is 1.44. The van der Waals surface area contributed by atoms with E-state index in [1.54, 1.807) is 0 Å². The van der Waals surface area contributed by atoms with Gasteiger partial charge in [-0.15, -0.1) is 0 Å². The Labute approximate surface area is 124 Å². The lowest BCUT2D eigenvalue weighted by molar-refractivity contribution is 0.113. The first-order valence-corrected chi connectivity index (χ1v) is 7.92. The van der Waals surface area contributed by atoms with Crippen LogP contribution >= 0.6 is 0 Å². The number of amides is 1. The smallest absolute Gasteiger partial charge is 0.410 e. The van der Waals surface area contributed by atoms with E-state index in [0.717, 1.165) is 44.0 Å². The molecule has 0 aromatic carbocycles. The molecule has 2 aliphatic heterocycles. The zero-order chi connectivity index (χ0) is 14.4. The predicted molar refractivity (Wildman–Crippen MR) is 76.8 cm³/mol. The molecule has 1 aromatic rings. The van der Waals surface area contributed by atoms with Crippen molar-refractivity contribution in [1.82, 2.24) is 19.8 Å². The number of nitrogens with one attached hydrogen (secondary N) is 1. The van der Waals surface area contributed by atoms with Crippen LogP contribution in [0.2, 0.25) is 0 Å². The van der Waals surface area contributed by atoms with Gasteiger partial charge in [0.2, 0.25) is 0 Å². The van der Waals surface area contributed by atoms with Crippen LogP contribution in [-0.4, -0.2) is 57.1 Å². The zero-order valence-corrected chi connectivity index (χ0v) is 12.4. The number of hydrogen-bond acceptors (Lipinski definition) is 4. The fraction of sp³-hybridized carbons (Fsp3) is 0.733. The van der Waals surface area contributed by atoms with Crippen molar-refractivity contribution in [1.29, 1.82) is 0 Å². The first-order chi connectivity index (χ1) is 10.2. The summed E-state index contributed by atoms with van der Waals surface area (Å²) in [5, 5.41) is 0. The molecule has 3 fully saturated rings. The number of nitrogens with zero attached hydrogens (tertiary/aromatic N) is 3. The average Bonchev–Trinajstić information content (AvgIpc) is 3.16. The maximum atomic E-state index is 12.1. The number of aromatic nitrogens is 2. The molecule has 1 aromatic heterocycles. The maximum Gasteiger partial charge on any atom is 0.410 e. The van der Waals surface area contributed by atoms with Crippen LogP contribution in [0, 0.1) is 6.92 Å². The summed E-state index contributed by atoms with van der Waals surface area (Å²) < 4.78 is 5.60. The van der Waals surface area contributed by atoms with Crippen molar-refractivity contribution in [3.05, 3.63) is 17.7 Å². The number of imidazole rings is 1. The summed E-state index contributed by atoms with van der Waals surface area (Å²) in [6.07, 6.45) is 6.60. The third kappa shape index (κ3) is 2.31. The highest BCUT2D eigenvalue weighted by Crippen LogP contribution is 2.34. The van der Waals surface area contributed by atoms with E-state index in [2.05, 4.69) is 14.9 Å². The summed E-state index contributed by atoms with van der Waals surface area (Å²) in [7, 11) is 0. The van der Waals surface area contributed by atoms with Crippen molar-refractivity contribution in [2.24, 2.45) is 0 Å². The number of likely N-dealkylation sites (tertiary alicyclic amines) is 1. The van der Waals surface area contributed by atoms with Crippen LogP contribution < -0.4 is 0 Å². The van der Waals surface area contributed by atoms with Crippen molar-refractivity contribution in [3.8, 4) is 0 Å². The van der Waals surface area contributed by atoms with Gasteiger partial charge in [-0.25, -0.2) is 9.78 Å². The molecule has 1 aliphatic carbocycles. The van der Waals surface area contributed by atoms with Crippen LogP contribution in [0.15, 0.2) is 6.20 Å². The van der Waals surface area contributed by atoms with Crippen molar-refractivity contribution in [2.75, 3.05) is 13.1 Å². The van der Waals surface area contributed by atoms with Gasteiger partial charge in [-0.3, -0.25) is 9.80 Å². The SMILES string of the molecule is Cc1ncc(CN2C[C@H]3OC(=O)N(C4CCCC4)[C@H]3C2)[nH]1. The average molecular weight is 290 g/mol. The van der Waals surface area contributed by atoms with Gasteiger partial charge in [0.25, 0.3) is 0 Å². The molecule has 0 spiro atoms. The molecule has 0 unspecified atom stereocenters. The van der Waals surface area contributed by atoms with Crippen molar-refractivity contribution in [3.63, 3.8) is 0 Å². The molecule has 2 atom stereocenters. The molecule has 0 radical (unpaired) electrons. The van der Waals surface area contributed by atoms with E-state index in [-0.39, 0.29) is 18.2 Å². The van der Waals surface area contributed by atoms with Gasteiger partial charge in [0.05, 0.1) is 6.04 Å². The second kappa shape index (κ2) is 5.02. The van der Waals surface area contributed by atoms with E-state index >= 15 is 0 Å². The van der Waals surface area contributed by atoms with Crippen molar-refractivity contribution < 1.29 is 9.53 Å². The molecule has 21 heavy (non-hydrogen) atoms. The van der Waals surface area contributed by atoms with Gasteiger partial charge in [-0.1, -0.05) is 12.8 Å². The number of carbonyl (C=O) groups is 1. The minimum Gasteiger partial charge on any atom is -0.442 e. The van der Waals surface area contributed by atoms with E-state index in [1.165, 1.54) is 12.8 Å². The summed E-state index contributed by atoms with van der Waals surface area (Å²) >= 11 is 0. The van der Waals surface area contributed by atoms with E-state index in [1.807, 2.05) is 18.0 Å². The quantitative estimate of drug-likeness (QED) is 0.920. The molecular formula is C15H22N4O2. The molecule has 2 saturated heterocycles. The molecule has 6 nitrogen and oxygen atoms in total. The molecule has 4 rings (SSSR count). The second-order valence-electron chi connectivity index (χ2n) is 6.52. The van der Waals surface area contributed by atoms with Crippen LogP contribution in [0.25, 0.3) is 0 Å². The molecule has 114 valence electrons. The minimum atomic E-state index is -0.0889. The van der Waals surface area contributed by atoms with Gasteiger partial charge in [0.1, 0.15) is 11.9 Å². The number of fused-ring (bicyclic) bond motifs is 1. The molecular weight excluding hydrogens is 268 g/mol. The number of carbonyl (C=O) groups excluding carboxylic acids is 1. The van der Waals surface area contributed by atoms with E-state index in [0.29, 0.717) is 6.04 Å². The number of rotatable bonds is 3. The highest BCUT2D eigenvalue weighted by molar-refractivity contribution is 5.71. The number of aromatic amines is 1. The number of aryl methyl sites for hydroxylation is 1. The summed E-state index contributed by atoms with van der Waals surface area (Å²) in [5.74, 6) is 0.948. The second-order valence-corrected chi connectivity index (χ2v) is 6.52. The fourth-order valence-corrected chi connectivity index (χ4v) is 4.07. The van der Waals surface area contributed by atoms with Crippen LogP contribution in [-0.2, 0) is 11.3 Å². The predicted octanol–water partition coefficient (Wildman–Crippen LogP) is 1.67. The Bertz CT molecular complexity index is 538. The van der Waals surface area contributed by atoms with Gasteiger partial charge in [0, 0.05) is 37.6 Å². The van der Waals surface area contributed by atoms with Crippen molar-refractivity contribution in [2.45, 2.75) is 57.3 Å². The molecule has 1 amide bonds. The molecule has 6 heteroatoms. The Morgan fingerprint density at radius 1 is 1.38 bits per heavy atom. The molecule has 1 N–H and O–H groups in total. The molecule has 3 heterocycles.